The molecule has 0 bridgehead atoms. The highest BCUT2D eigenvalue weighted by molar-refractivity contribution is 5.01. The summed E-state index contributed by atoms with van der Waals surface area (Å²) in [6, 6.07) is 1.51. The van der Waals surface area contributed by atoms with Gasteiger partial charge in [0.05, 0.1) is 0 Å². The molecule has 2 saturated heterocycles. The molecule has 2 fully saturated rings. The van der Waals surface area contributed by atoms with Crippen molar-refractivity contribution >= 4 is 0 Å². The van der Waals surface area contributed by atoms with Crippen molar-refractivity contribution in [2.24, 2.45) is 5.41 Å². The molecule has 0 radical (unpaired) electrons. The van der Waals surface area contributed by atoms with Crippen LogP contribution in [-0.4, -0.2) is 36.6 Å². The molecule has 2 nitrogen and oxygen atoms in total. The van der Waals surface area contributed by atoms with Crippen molar-refractivity contribution < 1.29 is 0 Å². The van der Waals surface area contributed by atoms with Crippen LogP contribution in [0.3, 0.4) is 0 Å². The molecule has 82 valence electrons. The summed E-state index contributed by atoms with van der Waals surface area (Å²) in [5.41, 5.74) is 0.560. The largest absolute Gasteiger partial charge is 0.313 e. The van der Waals surface area contributed by atoms with Crippen molar-refractivity contribution in [1.82, 2.24) is 10.2 Å². The topological polar surface area (TPSA) is 15.3 Å². The number of hydrogen-bond acceptors (Lipinski definition) is 2. The summed E-state index contributed by atoms with van der Waals surface area (Å²) < 4.78 is 0. The number of nitrogens with zero attached hydrogens (tertiary/aromatic N) is 1. The highest BCUT2D eigenvalue weighted by Gasteiger charge is 2.45. The number of hydrogen-bond donors (Lipinski definition) is 1. The minimum absolute atomic E-state index is 0.560. The second-order valence-corrected chi connectivity index (χ2v) is 5.66. The third-order valence-corrected chi connectivity index (χ3v) is 4.01. The molecule has 0 amide bonds. The van der Waals surface area contributed by atoms with Crippen molar-refractivity contribution in [3.63, 3.8) is 0 Å². The Morgan fingerprint density at radius 2 is 2.00 bits per heavy atom. The Bertz CT molecular complexity index is 188. The summed E-state index contributed by atoms with van der Waals surface area (Å²) in [6.45, 7) is 10.9. The van der Waals surface area contributed by atoms with E-state index < -0.39 is 0 Å². The monoisotopic (exact) mass is 196 g/mol. The van der Waals surface area contributed by atoms with E-state index in [0.717, 1.165) is 12.1 Å². The molecule has 1 N–H and O–H groups in total. The maximum atomic E-state index is 3.69. The molecule has 14 heavy (non-hydrogen) atoms. The lowest BCUT2D eigenvalue weighted by Crippen LogP contribution is -2.65. The molecule has 0 aromatic rings. The van der Waals surface area contributed by atoms with E-state index in [2.05, 4.69) is 31.0 Å². The second kappa shape index (κ2) is 3.82. The van der Waals surface area contributed by atoms with Crippen molar-refractivity contribution in [3.8, 4) is 0 Å². The van der Waals surface area contributed by atoms with Crippen molar-refractivity contribution in [3.05, 3.63) is 0 Å². The fourth-order valence-corrected chi connectivity index (χ4v) is 2.91. The molecule has 2 aliphatic heterocycles. The van der Waals surface area contributed by atoms with Gasteiger partial charge in [0.25, 0.3) is 0 Å². The molecule has 2 rings (SSSR count). The van der Waals surface area contributed by atoms with E-state index in [1.807, 2.05) is 0 Å². The highest BCUT2D eigenvalue weighted by atomic mass is 15.2. The van der Waals surface area contributed by atoms with Crippen LogP contribution >= 0.6 is 0 Å². The Kier molecular flexibility index (Phi) is 2.85. The molecule has 0 saturated carbocycles. The lowest BCUT2D eigenvalue weighted by atomic mass is 9.72. The van der Waals surface area contributed by atoms with E-state index in [1.165, 1.54) is 38.9 Å². The first-order chi connectivity index (χ1) is 6.62. The Morgan fingerprint density at radius 1 is 1.29 bits per heavy atom. The quantitative estimate of drug-likeness (QED) is 0.725. The van der Waals surface area contributed by atoms with Gasteiger partial charge in [-0.3, -0.25) is 4.90 Å². The zero-order valence-electron chi connectivity index (χ0n) is 9.84. The van der Waals surface area contributed by atoms with Gasteiger partial charge in [-0.1, -0.05) is 13.3 Å². The van der Waals surface area contributed by atoms with Gasteiger partial charge >= 0.3 is 0 Å². The van der Waals surface area contributed by atoms with Crippen LogP contribution in [0.4, 0.5) is 0 Å². The molecule has 2 aliphatic rings. The maximum Gasteiger partial charge on any atom is 0.0145 e. The van der Waals surface area contributed by atoms with Gasteiger partial charge in [-0.2, -0.15) is 0 Å². The SMILES string of the molecule is CC(C)N1CC(C)(C2CCCCN2)C1. The first-order valence-corrected chi connectivity index (χ1v) is 6.09. The predicted molar refractivity (Wildman–Crippen MR) is 60.5 cm³/mol. The van der Waals surface area contributed by atoms with Crippen LogP contribution in [0.25, 0.3) is 0 Å². The van der Waals surface area contributed by atoms with Gasteiger partial charge in [0, 0.05) is 30.6 Å². The molecule has 2 heteroatoms. The first-order valence-electron chi connectivity index (χ1n) is 6.09. The number of piperidine rings is 1. The van der Waals surface area contributed by atoms with Gasteiger partial charge in [-0.05, 0) is 33.2 Å². The Labute approximate surface area is 88.1 Å². The summed E-state index contributed by atoms with van der Waals surface area (Å²) >= 11 is 0. The van der Waals surface area contributed by atoms with Gasteiger partial charge < -0.3 is 5.32 Å². The van der Waals surface area contributed by atoms with Crippen LogP contribution in [0.5, 0.6) is 0 Å². The van der Waals surface area contributed by atoms with Crippen LogP contribution in [0, 0.1) is 5.41 Å². The minimum Gasteiger partial charge on any atom is -0.313 e. The molecule has 2 heterocycles. The fraction of sp³-hybridized carbons (Fsp3) is 1.00. The lowest BCUT2D eigenvalue weighted by Gasteiger charge is -2.55. The lowest BCUT2D eigenvalue weighted by molar-refractivity contribution is -0.0406. The molecule has 1 atom stereocenters. The van der Waals surface area contributed by atoms with E-state index in [9.17, 15) is 0 Å². The first kappa shape index (κ1) is 10.4. The van der Waals surface area contributed by atoms with E-state index in [0.29, 0.717) is 5.41 Å². The summed E-state index contributed by atoms with van der Waals surface area (Å²) in [7, 11) is 0. The third kappa shape index (κ3) is 1.82. The molecular weight excluding hydrogens is 172 g/mol. The summed E-state index contributed by atoms with van der Waals surface area (Å²) in [5, 5.41) is 3.69. The van der Waals surface area contributed by atoms with Gasteiger partial charge in [0.15, 0.2) is 0 Å². The van der Waals surface area contributed by atoms with Crippen molar-refractivity contribution in [1.29, 1.82) is 0 Å². The molecule has 0 spiro atoms. The molecular formula is C12H24N2. The van der Waals surface area contributed by atoms with Gasteiger partial charge in [-0.15, -0.1) is 0 Å². The standard InChI is InChI=1S/C12H24N2/c1-10(2)14-8-12(3,9-14)11-6-4-5-7-13-11/h10-11,13H,4-9H2,1-3H3. The van der Waals surface area contributed by atoms with Crippen molar-refractivity contribution in [2.75, 3.05) is 19.6 Å². The average Bonchev–Trinajstić information content (AvgIpc) is 2.14. The Morgan fingerprint density at radius 3 is 2.50 bits per heavy atom. The van der Waals surface area contributed by atoms with Crippen LogP contribution < -0.4 is 5.32 Å². The molecule has 0 aromatic heterocycles. The van der Waals surface area contributed by atoms with Gasteiger partial charge in [0.2, 0.25) is 0 Å². The van der Waals surface area contributed by atoms with Gasteiger partial charge in [-0.25, -0.2) is 0 Å². The number of nitrogens with one attached hydrogen (secondary N) is 1. The number of rotatable bonds is 2. The molecule has 0 aromatic carbocycles. The average molecular weight is 196 g/mol. The normalized spacial score (nSPS) is 33.0. The highest BCUT2D eigenvalue weighted by Crippen LogP contribution is 2.37. The van der Waals surface area contributed by atoms with E-state index >= 15 is 0 Å². The van der Waals surface area contributed by atoms with Crippen LogP contribution in [0.1, 0.15) is 40.0 Å². The Hall–Kier alpha value is -0.0800. The number of likely N-dealkylation sites (tertiary alicyclic amines) is 1. The molecule has 0 aliphatic carbocycles. The predicted octanol–water partition coefficient (Wildman–Crippen LogP) is 1.86. The van der Waals surface area contributed by atoms with Crippen molar-refractivity contribution in [2.45, 2.75) is 52.1 Å². The van der Waals surface area contributed by atoms with E-state index in [1.54, 1.807) is 0 Å². The smallest absolute Gasteiger partial charge is 0.0145 e. The van der Waals surface area contributed by atoms with Crippen LogP contribution in [0.2, 0.25) is 0 Å². The third-order valence-electron chi connectivity index (χ3n) is 4.01. The zero-order chi connectivity index (χ0) is 10.2. The van der Waals surface area contributed by atoms with Crippen LogP contribution in [0.15, 0.2) is 0 Å². The molecule has 1 unspecified atom stereocenters. The fourth-order valence-electron chi connectivity index (χ4n) is 2.91. The van der Waals surface area contributed by atoms with E-state index in [4.69, 9.17) is 0 Å². The van der Waals surface area contributed by atoms with Crippen LogP contribution in [-0.2, 0) is 0 Å². The summed E-state index contributed by atoms with van der Waals surface area (Å²) in [4.78, 5) is 2.58. The summed E-state index contributed by atoms with van der Waals surface area (Å²) in [5.74, 6) is 0. The zero-order valence-corrected chi connectivity index (χ0v) is 9.84. The maximum absolute atomic E-state index is 3.69. The minimum atomic E-state index is 0.560. The second-order valence-electron chi connectivity index (χ2n) is 5.66. The van der Waals surface area contributed by atoms with E-state index in [-0.39, 0.29) is 0 Å². The van der Waals surface area contributed by atoms with Gasteiger partial charge in [0.1, 0.15) is 0 Å². The Balaban J connectivity index is 1.86. The summed E-state index contributed by atoms with van der Waals surface area (Å²) in [6.07, 6.45) is 4.19.